The molecule has 0 radical (unpaired) electrons. The van der Waals surface area contributed by atoms with E-state index >= 15 is 0 Å². The quantitative estimate of drug-likeness (QED) is 0.743. The van der Waals surface area contributed by atoms with Gasteiger partial charge in [0.15, 0.2) is 0 Å². The number of halogens is 1. The molecule has 1 aromatic rings. The van der Waals surface area contributed by atoms with Gasteiger partial charge in [0.25, 0.3) is 0 Å². The molecule has 1 unspecified atom stereocenters. The molecule has 0 saturated carbocycles. The normalized spacial score (nSPS) is 17.8. The zero-order valence-electron chi connectivity index (χ0n) is 14.1. The van der Waals surface area contributed by atoms with Crippen molar-refractivity contribution in [1.29, 1.82) is 0 Å². The van der Waals surface area contributed by atoms with Crippen molar-refractivity contribution in [3.8, 4) is 0 Å². The molecule has 136 valence electrons. The lowest BCUT2D eigenvalue weighted by Gasteiger charge is -2.32. The molecule has 3 N–H and O–H groups in total. The van der Waals surface area contributed by atoms with Gasteiger partial charge in [0, 0.05) is 31.6 Å². The van der Waals surface area contributed by atoms with Crippen LogP contribution < -0.4 is 11.1 Å². The highest BCUT2D eigenvalue weighted by molar-refractivity contribution is 7.09. The fraction of sp³-hybridized carbons (Fsp3) is 0.625. The Morgan fingerprint density at radius 3 is 2.96 bits per heavy atom. The van der Waals surface area contributed by atoms with Gasteiger partial charge in [-0.15, -0.1) is 23.7 Å². The Hall–Kier alpha value is -1.15. The van der Waals surface area contributed by atoms with Crippen LogP contribution in [0.3, 0.4) is 0 Å². The SMILES string of the molecule is CN(Cc1cccs1)C(=O)CN1CCCC(C(=O)NCCN)C1.Cl. The van der Waals surface area contributed by atoms with Gasteiger partial charge in [0.2, 0.25) is 11.8 Å². The average molecular weight is 375 g/mol. The van der Waals surface area contributed by atoms with E-state index in [0.717, 1.165) is 19.4 Å². The van der Waals surface area contributed by atoms with Crippen molar-refractivity contribution in [2.75, 3.05) is 39.8 Å². The van der Waals surface area contributed by atoms with Crippen molar-refractivity contribution in [3.63, 3.8) is 0 Å². The van der Waals surface area contributed by atoms with E-state index in [0.29, 0.717) is 32.7 Å². The molecule has 1 saturated heterocycles. The summed E-state index contributed by atoms with van der Waals surface area (Å²) in [6.07, 6.45) is 1.83. The zero-order valence-corrected chi connectivity index (χ0v) is 15.7. The molecule has 6 nitrogen and oxygen atoms in total. The van der Waals surface area contributed by atoms with Crippen molar-refractivity contribution < 1.29 is 9.59 Å². The largest absolute Gasteiger partial charge is 0.355 e. The van der Waals surface area contributed by atoms with E-state index in [1.54, 1.807) is 16.2 Å². The Morgan fingerprint density at radius 1 is 1.50 bits per heavy atom. The number of nitrogens with one attached hydrogen (secondary N) is 1. The third-order valence-corrected chi connectivity index (χ3v) is 4.94. The molecule has 2 rings (SSSR count). The molecule has 1 atom stereocenters. The lowest BCUT2D eigenvalue weighted by atomic mass is 9.97. The molecule has 8 heteroatoms. The monoisotopic (exact) mass is 374 g/mol. The maximum atomic E-state index is 12.4. The summed E-state index contributed by atoms with van der Waals surface area (Å²) in [4.78, 5) is 29.4. The van der Waals surface area contributed by atoms with Crippen LogP contribution in [0.2, 0.25) is 0 Å². The minimum absolute atomic E-state index is 0. The van der Waals surface area contributed by atoms with Crippen LogP contribution in [0.25, 0.3) is 0 Å². The minimum Gasteiger partial charge on any atom is -0.355 e. The minimum atomic E-state index is -0.0364. The Morgan fingerprint density at radius 2 is 2.29 bits per heavy atom. The van der Waals surface area contributed by atoms with Crippen LogP contribution in [0.5, 0.6) is 0 Å². The number of carbonyl (C=O) groups is 2. The Bertz CT molecular complexity index is 512. The summed E-state index contributed by atoms with van der Waals surface area (Å²) < 4.78 is 0. The molecule has 1 aromatic heterocycles. The molecule has 0 bridgehead atoms. The summed E-state index contributed by atoms with van der Waals surface area (Å²) >= 11 is 1.66. The molecule has 0 aliphatic carbocycles. The summed E-state index contributed by atoms with van der Waals surface area (Å²) in [7, 11) is 1.83. The molecule has 1 aliphatic rings. The van der Waals surface area contributed by atoms with Crippen LogP contribution in [-0.2, 0) is 16.1 Å². The first-order chi connectivity index (χ1) is 11.1. The van der Waals surface area contributed by atoms with Gasteiger partial charge in [-0.2, -0.15) is 0 Å². The summed E-state index contributed by atoms with van der Waals surface area (Å²) in [6, 6.07) is 4.03. The van der Waals surface area contributed by atoms with Crippen LogP contribution in [0.15, 0.2) is 17.5 Å². The van der Waals surface area contributed by atoms with Gasteiger partial charge in [-0.25, -0.2) is 0 Å². The number of piperidine rings is 1. The maximum absolute atomic E-state index is 12.4. The van der Waals surface area contributed by atoms with Crippen LogP contribution >= 0.6 is 23.7 Å². The third kappa shape index (κ3) is 6.39. The Kier molecular flexibility index (Phi) is 9.28. The molecule has 24 heavy (non-hydrogen) atoms. The van der Waals surface area contributed by atoms with Gasteiger partial charge in [0.1, 0.15) is 0 Å². The van der Waals surface area contributed by atoms with Gasteiger partial charge in [-0.3, -0.25) is 14.5 Å². The van der Waals surface area contributed by atoms with Gasteiger partial charge < -0.3 is 16.0 Å². The molecule has 1 fully saturated rings. The number of likely N-dealkylation sites (N-methyl/N-ethyl adjacent to an activating group) is 1. The van der Waals surface area contributed by atoms with Crippen molar-refractivity contribution in [3.05, 3.63) is 22.4 Å². The fourth-order valence-corrected chi connectivity index (χ4v) is 3.55. The Balaban J connectivity index is 0.00000288. The van der Waals surface area contributed by atoms with Gasteiger partial charge in [-0.1, -0.05) is 6.07 Å². The van der Waals surface area contributed by atoms with E-state index in [4.69, 9.17) is 5.73 Å². The standard InChI is InChI=1S/C16H26N4O2S.ClH/c1-19(11-14-5-3-9-23-14)15(21)12-20-8-2-4-13(10-20)16(22)18-7-6-17;/h3,5,9,13H,2,4,6-8,10-12,17H2,1H3,(H,18,22);1H. The maximum Gasteiger partial charge on any atom is 0.236 e. The molecule has 1 aliphatic heterocycles. The van der Waals surface area contributed by atoms with Gasteiger partial charge >= 0.3 is 0 Å². The zero-order chi connectivity index (χ0) is 16.7. The number of rotatable bonds is 7. The van der Waals surface area contributed by atoms with E-state index in [1.807, 2.05) is 24.6 Å². The smallest absolute Gasteiger partial charge is 0.236 e. The highest BCUT2D eigenvalue weighted by Gasteiger charge is 2.27. The highest BCUT2D eigenvalue weighted by atomic mass is 35.5. The summed E-state index contributed by atoms with van der Waals surface area (Å²) in [5.41, 5.74) is 5.41. The first-order valence-electron chi connectivity index (χ1n) is 8.06. The molecule has 2 amide bonds. The number of hydrogen-bond donors (Lipinski definition) is 2. The van der Waals surface area contributed by atoms with Gasteiger partial charge in [-0.05, 0) is 30.8 Å². The molecule has 0 aromatic carbocycles. The van der Waals surface area contributed by atoms with Crippen LogP contribution in [-0.4, -0.2) is 61.4 Å². The number of carbonyl (C=O) groups excluding carboxylic acids is 2. The summed E-state index contributed by atoms with van der Waals surface area (Å²) in [6.45, 7) is 3.51. The highest BCUT2D eigenvalue weighted by Crippen LogP contribution is 2.17. The van der Waals surface area contributed by atoms with E-state index < -0.39 is 0 Å². The first kappa shape index (κ1) is 20.9. The van der Waals surface area contributed by atoms with Crippen LogP contribution in [0.4, 0.5) is 0 Å². The van der Waals surface area contributed by atoms with E-state index in [2.05, 4.69) is 10.2 Å². The predicted octanol–water partition coefficient (Wildman–Crippen LogP) is 0.915. The van der Waals surface area contributed by atoms with E-state index in [9.17, 15) is 9.59 Å². The third-order valence-electron chi connectivity index (χ3n) is 4.08. The number of thiophene rings is 1. The number of nitrogens with two attached hydrogens (primary N) is 1. The lowest BCUT2D eigenvalue weighted by molar-refractivity contribution is -0.134. The van der Waals surface area contributed by atoms with Crippen molar-refractivity contribution in [2.45, 2.75) is 19.4 Å². The molecular weight excluding hydrogens is 348 g/mol. The molecule has 2 heterocycles. The number of amides is 2. The second kappa shape index (κ2) is 10.7. The summed E-state index contributed by atoms with van der Waals surface area (Å²) in [5, 5.41) is 4.86. The van der Waals surface area contributed by atoms with Crippen LogP contribution in [0.1, 0.15) is 17.7 Å². The molecule has 0 spiro atoms. The van der Waals surface area contributed by atoms with Crippen molar-refractivity contribution in [2.24, 2.45) is 11.7 Å². The van der Waals surface area contributed by atoms with Crippen molar-refractivity contribution >= 4 is 35.6 Å². The second-order valence-electron chi connectivity index (χ2n) is 5.98. The predicted molar refractivity (Wildman–Crippen MR) is 99.3 cm³/mol. The number of nitrogens with zero attached hydrogens (tertiary/aromatic N) is 2. The summed E-state index contributed by atoms with van der Waals surface area (Å²) in [5.74, 6) is 0.117. The fourth-order valence-electron chi connectivity index (χ4n) is 2.79. The van der Waals surface area contributed by atoms with Crippen LogP contribution in [0, 0.1) is 5.92 Å². The van der Waals surface area contributed by atoms with Crippen molar-refractivity contribution in [1.82, 2.24) is 15.1 Å². The first-order valence-corrected chi connectivity index (χ1v) is 8.94. The Labute approximate surface area is 153 Å². The second-order valence-corrected chi connectivity index (χ2v) is 7.02. The number of likely N-dealkylation sites (tertiary alicyclic amines) is 1. The van der Waals surface area contributed by atoms with Gasteiger partial charge in [0.05, 0.1) is 19.0 Å². The van der Waals surface area contributed by atoms with E-state index in [-0.39, 0.29) is 30.1 Å². The van der Waals surface area contributed by atoms with E-state index in [1.165, 1.54) is 4.88 Å². The topological polar surface area (TPSA) is 78.7 Å². The molecular formula is C16H27ClN4O2S. The number of hydrogen-bond acceptors (Lipinski definition) is 5. The lowest BCUT2D eigenvalue weighted by Crippen LogP contribution is -2.47. The average Bonchev–Trinajstić information content (AvgIpc) is 3.05.